The molecule has 2 aromatic carbocycles. The van der Waals surface area contributed by atoms with Crippen molar-refractivity contribution >= 4 is 17.6 Å². The molecule has 0 radical (unpaired) electrons. The number of amidine groups is 1. The highest BCUT2D eigenvalue weighted by Crippen LogP contribution is 2.39. The summed E-state index contributed by atoms with van der Waals surface area (Å²) in [5.41, 5.74) is 7.55. The van der Waals surface area contributed by atoms with E-state index in [0.29, 0.717) is 6.61 Å². The van der Waals surface area contributed by atoms with Gasteiger partial charge in [0.25, 0.3) is 0 Å². The van der Waals surface area contributed by atoms with Crippen LogP contribution in [-0.4, -0.2) is 11.1 Å². The van der Waals surface area contributed by atoms with Crippen LogP contribution in [0.3, 0.4) is 0 Å². The quantitative estimate of drug-likeness (QED) is 0.672. The van der Waals surface area contributed by atoms with Crippen LogP contribution < -0.4 is 10.5 Å². The molecule has 1 unspecified atom stereocenters. The SMILES string of the molecule is N=C(N)C1Cc2ccc(OCc3cccc(F)c3)cc2S1. The van der Waals surface area contributed by atoms with Crippen LogP contribution in [0.1, 0.15) is 11.1 Å². The first-order chi connectivity index (χ1) is 10.1. The number of hydrogen-bond donors (Lipinski definition) is 2. The van der Waals surface area contributed by atoms with Crippen LogP contribution in [0.2, 0.25) is 0 Å². The number of halogens is 1. The fourth-order valence-corrected chi connectivity index (χ4v) is 3.45. The van der Waals surface area contributed by atoms with Crippen molar-refractivity contribution in [1.29, 1.82) is 5.41 Å². The second-order valence-corrected chi connectivity index (χ2v) is 6.20. The third-order valence-corrected chi connectivity index (χ3v) is 4.69. The van der Waals surface area contributed by atoms with Crippen molar-refractivity contribution in [2.45, 2.75) is 23.2 Å². The smallest absolute Gasteiger partial charge is 0.123 e. The van der Waals surface area contributed by atoms with Gasteiger partial charge in [-0.3, -0.25) is 5.41 Å². The van der Waals surface area contributed by atoms with E-state index in [9.17, 15) is 4.39 Å². The Hall–Kier alpha value is -2.01. The zero-order valence-corrected chi connectivity index (χ0v) is 12.1. The first-order valence-corrected chi connectivity index (χ1v) is 7.50. The summed E-state index contributed by atoms with van der Waals surface area (Å²) >= 11 is 1.59. The van der Waals surface area contributed by atoms with Crippen molar-refractivity contribution in [3.63, 3.8) is 0 Å². The molecule has 0 bridgehead atoms. The van der Waals surface area contributed by atoms with Crippen LogP contribution >= 0.6 is 11.8 Å². The molecule has 3 nitrogen and oxygen atoms in total. The Labute approximate surface area is 126 Å². The van der Waals surface area contributed by atoms with E-state index < -0.39 is 0 Å². The minimum Gasteiger partial charge on any atom is -0.489 e. The zero-order chi connectivity index (χ0) is 14.8. The molecule has 0 aromatic heterocycles. The minimum atomic E-state index is -0.259. The van der Waals surface area contributed by atoms with E-state index in [0.717, 1.165) is 22.6 Å². The summed E-state index contributed by atoms with van der Waals surface area (Å²) < 4.78 is 18.8. The first kappa shape index (κ1) is 13.9. The molecule has 0 saturated heterocycles. The van der Waals surface area contributed by atoms with Gasteiger partial charge in [0.1, 0.15) is 24.0 Å². The monoisotopic (exact) mass is 302 g/mol. The molecule has 2 aromatic rings. The van der Waals surface area contributed by atoms with Gasteiger partial charge in [-0.1, -0.05) is 18.2 Å². The molecule has 3 rings (SSSR count). The Balaban J connectivity index is 1.69. The predicted octanol–water partition coefficient (Wildman–Crippen LogP) is 3.36. The molecule has 0 saturated carbocycles. The largest absolute Gasteiger partial charge is 0.489 e. The maximum absolute atomic E-state index is 13.1. The Kier molecular flexibility index (Phi) is 3.84. The predicted molar refractivity (Wildman–Crippen MR) is 82.4 cm³/mol. The van der Waals surface area contributed by atoms with Gasteiger partial charge in [-0.05, 0) is 41.8 Å². The molecule has 0 fully saturated rings. The Bertz CT molecular complexity index is 690. The summed E-state index contributed by atoms with van der Waals surface area (Å²) in [4.78, 5) is 1.10. The van der Waals surface area contributed by atoms with Gasteiger partial charge < -0.3 is 10.5 Å². The van der Waals surface area contributed by atoms with Crippen molar-refractivity contribution in [2.24, 2.45) is 5.73 Å². The fourth-order valence-electron chi connectivity index (χ4n) is 2.26. The second-order valence-electron chi connectivity index (χ2n) is 4.95. The number of rotatable bonds is 4. The van der Waals surface area contributed by atoms with Gasteiger partial charge in [-0.25, -0.2) is 4.39 Å². The van der Waals surface area contributed by atoms with Crippen molar-refractivity contribution in [1.82, 2.24) is 0 Å². The molecule has 108 valence electrons. The van der Waals surface area contributed by atoms with Gasteiger partial charge in [0.15, 0.2) is 0 Å². The average Bonchev–Trinajstić information content (AvgIpc) is 2.88. The fraction of sp³-hybridized carbons (Fsp3) is 0.188. The molecular weight excluding hydrogens is 287 g/mol. The van der Waals surface area contributed by atoms with Crippen LogP contribution in [0.4, 0.5) is 4.39 Å². The van der Waals surface area contributed by atoms with Crippen molar-refractivity contribution in [2.75, 3.05) is 0 Å². The molecule has 21 heavy (non-hydrogen) atoms. The van der Waals surface area contributed by atoms with Crippen LogP contribution in [-0.2, 0) is 13.0 Å². The standard InChI is InChI=1S/C16H15FN2OS/c17-12-3-1-2-10(6-12)9-20-13-5-4-11-7-15(16(18)19)21-14(11)8-13/h1-6,8,15H,7,9H2,(H3,18,19). The molecule has 1 heterocycles. The molecule has 3 N–H and O–H groups in total. The van der Waals surface area contributed by atoms with Crippen molar-refractivity contribution in [3.8, 4) is 5.75 Å². The number of benzene rings is 2. The summed E-state index contributed by atoms with van der Waals surface area (Å²) in [5.74, 6) is 0.693. The van der Waals surface area contributed by atoms with Gasteiger partial charge in [0.05, 0.1) is 5.25 Å². The Morgan fingerprint density at radius 3 is 2.95 bits per heavy atom. The summed E-state index contributed by atoms with van der Waals surface area (Å²) in [6, 6.07) is 12.3. The Morgan fingerprint density at radius 2 is 2.19 bits per heavy atom. The minimum absolute atomic E-state index is 0.0264. The highest BCUT2D eigenvalue weighted by atomic mass is 32.2. The maximum Gasteiger partial charge on any atom is 0.123 e. The number of nitrogens with two attached hydrogens (primary N) is 1. The van der Waals surface area contributed by atoms with Gasteiger partial charge in [0, 0.05) is 4.90 Å². The number of nitrogens with one attached hydrogen (secondary N) is 1. The van der Waals surface area contributed by atoms with Gasteiger partial charge in [-0.15, -0.1) is 11.8 Å². The molecule has 1 atom stereocenters. The maximum atomic E-state index is 13.1. The summed E-state index contributed by atoms with van der Waals surface area (Å²) in [6.45, 7) is 0.331. The first-order valence-electron chi connectivity index (χ1n) is 6.62. The lowest BCUT2D eigenvalue weighted by molar-refractivity contribution is 0.305. The normalized spacial score (nSPS) is 16.5. The van der Waals surface area contributed by atoms with Crippen LogP contribution in [0, 0.1) is 11.2 Å². The highest BCUT2D eigenvalue weighted by Gasteiger charge is 2.24. The van der Waals surface area contributed by atoms with Gasteiger partial charge in [-0.2, -0.15) is 0 Å². The number of hydrogen-bond acceptors (Lipinski definition) is 3. The van der Waals surface area contributed by atoms with E-state index in [1.807, 2.05) is 24.3 Å². The van der Waals surface area contributed by atoms with Gasteiger partial charge >= 0.3 is 0 Å². The third kappa shape index (κ3) is 3.19. The molecule has 1 aliphatic rings. The second kappa shape index (κ2) is 5.77. The zero-order valence-electron chi connectivity index (χ0n) is 11.3. The number of thioether (sulfide) groups is 1. The number of ether oxygens (including phenoxy) is 1. The van der Waals surface area contributed by atoms with Crippen LogP contribution in [0.5, 0.6) is 5.75 Å². The van der Waals surface area contributed by atoms with E-state index in [1.54, 1.807) is 17.8 Å². The van der Waals surface area contributed by atoms with Crippen LogP contribution in [0.15, 0.2) is 47.4 Å². The molecule has 0 amide bonds. The third-order valence-electron chi connectivity index (χ3n) is 3.35. The molecule has 5 heteroatoms. The van der Waals surface area contributed by atoms with E-state index in [1.165, 1.54) is 17.7 Å². The lowest BCUT2D eigenvalue weighted by Gasteiger charge is -2.08. The van der Waals surface area contributed by atoms with Crippen LogP contribution in [0.25, 0.3) is 0 Å². The summed E-state index contributed by atoms with van der Waals surface area (Å²) in [6.07, 6.45) is 0.791. The highest BCUT2D eigenvalue weighted by molar-refractivity contribution is 8.01. The number of fused-ring (bicyclic) bond motifs is 1. The van der Waals surface area contributed by atoms with Crippen molar-refractivity contribution < 1.29 is 9.13 Å². The van der Waals surface area contributed by atoms with Crippen molar-refractivity contribution in [3.05, 3.63) is 59.4 Å². The lowest BCUT2D eigenvalue weighted by Crippen LogP contribution is -2.24. The van der Waals surface area contributed by atoms with E-state index >= 15 is 0 Å². The summed E-state index contributed by atoms with van der Waals surface area (Å²) in [7, 11) is 0. The lowest BCUT2D eigenvalue weighted by atomic mass is 10.1. The molecule has 1 aliphatic heterocycles. The Morgan fingerprint density at radius 1 is 1.33 bits per heavy atom. The van der Waals surface area contributed by atoms with E-state index in [4.69, 9.17) is 15.9 Å². The van der Waals surface area contributed by atoms with E-state index in [2.05, 4.69) is 0 Å². The summed E-state index contributed by atoms with van der Waals surface area (Å²) in [5, 5.41) is 7.55. The topological polar surface area (TPSA) is 59.1 Å². The molecule has 0 spiro atoms. The molecular formula is C16H15FN2OS. The molecule has 0 aliphatic carbocycles. The van der Waals surface area contributed by atoms with E-state index in [-0.39, 0.29) is 16.9 Å². The van der Waals surface area contributed by atoms with Gasteiger partial charge in [0.2, 0.25) is 0 Å². The average molecular weight is 302 g/mol.